The monoisotopic (exact) mass is 1460 g/mol. The second kappa shape index (κ2) is 30.8. The molecule has 0 radical (unpaired) electrons. The molecule has 9 atom stereocenters. The number of hydrogen-bond acceptors (Lipinski definition) is 7. The maximum atomic E-state index is 13.7. The van der Waals surface area contributed by atoms with Crippen LogP contribution in [0, 0.1) is 52.8 Å². The average Bonchev–Trinajstić information content (AvgIpc) is 1.59. The number of halogens is 9. The Morgan fingerprint density at radius 1 is 0.441 bits per heavy atom. The van der Waals surface area contributed by atoms with Crippen LogP contribution in [0.15, 0.2) is 174 Å². The molecule has 8 aliphatic rings. The normalized spacial score (nSPS) is 22.4. The summed E-state index contributed by atoms with van der Waals surface area (Å²) >= 11 is 23.6. The molecule has 536 valence electrons. The molecular formula is C86H94Cl4F5N7. The number of fused-ring (bicyclic) bond motifs is 12. The summed E-state index contributed by atoms with van der Waals surface area (Å²) in [4.78, 5) is 0. The van der Waals surface area contributed by atoms with Crippen LogP contribution in [0.3, 0.4) is 0 Å². The molecule has 4 bridgehead atoms. The Kier molecular flexibility index (Phi) is 22.8. The minimum absolute atomic E-state index is 0.0752. The van der Waals surface area contributed by atoms with Gasteiger partial charge in [-0.2, -0.15) is 0 Å². The zero-order valence-electron chi connectivity index (χ0n) is 59.2. The van der Waals surface area contributed by atoms with Crippen molar-refractivity contribution in [2.75, 3.05) is 40.1 Å². The van der Waals surface area contributed by atoms with Gasteiger partial charge in [0.15, 0.2) is 17.5 Å². The topological polar surface area (TPSA) is 182 Å². The van der Waals surface area contributed by atoms with Crippen LogP contribution < -0.4 is 40.1 Å². The van der Waals surface area contributed by atoms with Crippen molar-refractivity contribution in [3.05, 3.63) is 263 Å². The largest absolute Gasteiger partial charge is 0.398 e. The Balaban J connectivity index is 0.000000120. The highest BCUT2D eigenvalue weighted by Gasteiger charge is 2.50. The molecular weight excluding hydrogens is 1370 g/mol. The Hall–Kier alpha value is -7.87. The fourth-order valence-corrected chi connectivity index (χ4v) is 18.8. The average molecular weight is 1460 g/mol. The van der Waals surface area contributed by atoms with Crippen molar-refractivity contribution in [2.45, 2.75) is 165 Å². The van der Waals surface area contributed by atoms with Gasteiger partial charge in [0.25, 0.3) is 0 Å². The fourth-order valence-electron chi connectivity index (χ4n) is 18.0. The van der Waals surface area contributed by atoms with Gasteiger partial charge in [-0.05, 0) is 274 Å². The van der Waals surface area contributed by atoms with Crippen LogP contribution in [-0.2, 0) is 10.8 Å². The van der Waals surface area contributed by atoms with E-state index >= 15 is 0 Å². The van der Waals surface area contributed by atoms with E-state index in [9.17, 15) is 22.0 Å². The van der Waals surface area contributed by atoms with Crippen LogP contribution in [0.25, 0.3) is 22.3 Å². The Morgan fingerprint density at radius 3 is 1.58 bits per heavy atom. The van der Waals surface area contributed by atoms with Crippen molar-refractivity contribution in [3.63, 3.8) is 0 Å². The molecule has 14 N–H and O–H groups in total. The van der Waals surface area contributed by atoms with Crippen LogP contribution >= 0.6 is 46.4 Å². The summed E-state index contributed by atoms with van der Waals surface area (Å²) < 4.78 is 66.0. The summed E-state index contributed by atoms with van der Waals surface area (Å²) in [6, 6.07) is 48.1. The van der Waals surface area contributed by atoms with Crippen molar-refractivity contribution in [2.24, 2.45) is 23.7 Å². The molecule has 16 heteroatoms. The van der Waals surface area contributed by atoms with E-state index in [1.165, 1.54) is 102 Å². The molecule has 9 aromatic carbocycles. The number of benzene rings is 9. The Morgan fingerprint density at radius 2 is 0.980 bits per heavy atom. The van der Waals surface area contributed by atoms with Gasteiger partial charge in [0.1, 0.15) is 16.1 Å². The van der Waals surface area contributed by atoms with Crippen LogP contribution in [-0.4, -0.2) is 0 Å². The van der Waals surface area contributed by atoms with E-state index in [2.05, 4.69) is 104 Å². The van der Waals surface area contributed by atoms with Crippen molar-refractivity contribution in [1.82, 2.24) is 0 Å². The molecule has 8 aliphatic carbocycles. The van der Waals surface area contributed by atoms with Crippen LogP contribution in [0.5, 0.6) is 0 Å². The van der Waals surface area contributed by atoms with Gasteiger partial charge in [-0.25, -0.2) is 22.0 Å². The Bertz CT molecular complexity index is 4580. The molecule has 9 aromatic rings. The zero-order chi connectivity index (χ0) is 73.5. The molecule has 0 aromatic heterocycles. The van der Waals surface area contributed by atoms with E-state index in [-0.39, 0.29) is 22.6 Å². The van der Waals surface area contributed by atoms with Crippen molar-refractivity contribution in [1.29, 1.82) is 0 Å². The van der Waals surface area contributed by atoms with E-state index in [0.717, 1.165) is 118 Å². The Labute approximate surface area is 618 Å². The first-order chi connectivity index (χ1) is 48.4. The van der Waals surface area contributed by atoms with Gasteiger partial charge in [0, 0.05) is 62.8 Å². The number of nitrogen functional groups attached to an aromatic ring is 7. The molecule has 7 nitrogen and oxygen atoms in total. The summed E-state index contributed by atoms with van der Waals surface area (Å²) in [6.07, 6.45) is 11.5. The molecule has 8 unspecified atom stereocenters. The summed E-state index contributed by atoms with van der Waals surface area (Å²) in [7, 11) is 0. The minimum atomic E-state index is -1.47. The number of para-hydroxylation sites is 2. The van der Waals surface area contributed by atoms with Gasteiger partial charge in [0.2, 0.25) is 0 Å². The second-order valence-corrected chi connectivity index (χ2v) is 32.4. The third-order valence-electron chi connectivity index (χ3n) is 22.4. The second-order valence-electron chi connectivity index (χ2n) is 30.6. The van der Waals surface area contributed by atoms with Gasteiger partial charge < -0.3 is 40.1 Å². The van der Waals surface area contributed by atoms with Gasteiger partial charge >= 0.3 is 0 Å². The van der Waals surface area contributed by atoms with Gasteiger partial charge in [-0.15, -0.1) is 0 Å². The molecule has 4 fully saturated rings. The molecule has 0 amide bonds. The number of hydrogen-bond donors (Lipinski definition) is 7. The molecule has 17 rings (SSSR count). The van der Waals surface area contributed by atoms with Gasteiger partial charge in [-0.1, -0.05) is 181 Å². The summed E-state index contributed by atoms with van der Waals surface area (Å²) in [5.74, 6) is 3.42. The molecule has 0 heterocycles. The molecule has 0 aliphatic heterocycles. The standard InChI is InChI=1S/C14H19N.C12H8Cl2FN.C12H11Cl2N.C12H8F3N.C12H16FN.C12H15N.C12H17N/c1-8(2)13-10-6-7-11(13)14-9(10)4-3-5-12(14)15;13-10-3-1-7(5-11(10)14)9-6-8(15)2-4-12(9)16;13-12(14)11-7-4-5-8(11)10-6(7)2-1-3-9(10)15;13-9-5-7(6-10(14)12(9)15)8-3-1-2-4-11(8)16;1-7-6-12(2,3)11-8(13)4-5-9(14)10(7)11;13-12-4-2-1-3-9(12)11-7-10(11)8-5-6-8;1-8-7-12(2,3)9-5-4-6-10(13)11(8)9/h3-5,8,10-11,13H,6-7,15H2,1-2H3;1-6H,16H2;1-3,7-8H,4-5,15H2;1-6H,16H2;4-5,7H,6,14H2,1-3H3;1-4,8,10-11H,5-7,13H2;4-6,8H,7,13H2,1-3H3/t;;;;;;8-/m......1/s1. The lowest BCUT2D eigenvalue weighted by molar-refractivity contribution is 0.352. The SMILES string of the molecule is CC(C)C1C2CCC1c1c(N)cccc12.CC1CC(C)(C)c2c(F)ccc(N)c21.C[C@@H]1CC(C)(C)c2cccc(N)c21.Nc1ccc(F)cc1-c1ccc(Cl)c(Cl)c1.Nc1cccc2c1C1CCC2C1=C(Cl)Cl.Nc1ccccc1-c1cc(F)c(F)c(F)c1.Nc1ccccc1C1CC1C1CC1. The maximum absolute atomic E-state index is 13.7. The van der Waals surface area contributed by atoms with Crippen LogP contribution in [0.4, 0.5) is 61.8 Å². The van der Waals surface area contributed by atoms with E-state index in [1.807, 2.05) is 30.3 Å². The zero-order valence-corrected chi connectivity index (χ0v) is 62.3. The number of rotatable bonds is 5. The minimum Gasteiger partial charge on any atom is -0.398 e. The fraction of sp³-hybridized carbons (Fsp3) is 0.349. The third kappa shape index (κ3) is 15.8. The van der Waals surface area contributed by atoms with Crippen molar-refractivity contribution in [3.8, 4) is 22.3 Å². The predicted molar refractivity (Wildman–Crippen MR) is 419 cm³/mol. The number of allylic oxidation sites excluding steroid dienone is 1. The van der Waals surface area contributed by atoms with E-state index in [0.29, 0.717) is 66.1 Å². The lowest BCUT2D eigenvalue weighted by Gasteiger charge is -2.20. The lowest BCUT2D eigenvalue weighted by atomic mass is 9.85. The smallest absolute Gasteiger partial charge is 0.194 e. The van der Waals surface area contributed by atoms with E-state index in [4.69, 9.17) is 86.5 Å². The number of nitrogens with two attached hydrogens (primary N) is 7. The highest BCUT2D eigenvalue weighted by molar-refractivity contribution is 6.56. The quantitative estimate of drug-likeness (QED) is 0.0508. The summed E-state index contributed by atoms with van der Waals surface area (Å²) in [5, 5.41) is 0.878. The molecule has 4 saturated carbocycles. The lowest BCUT2D eigenvalue weighted by Crippen LogP contribution is -2.14. The highest BCUT2D eigenvalue weighted by Crippen LogP contribution is 2.63. The van der Waals surface area contributed by atoms with Crippen molar-refractivity contribution < 1.29 is 22.0 Å². The van der Waals surface area contributed by atoms with Gasteiger partial charge in [0.05, 0.1) is 10.0 Å². The van der Waals surface area contributed by atoms with E-state index in [1.54, 1.807) is 54.1 Å². The molecule has 0 spiro atoms. The van der Waals surface area contributed by atoms with Gasteiger partial charge in [-0.3, -0.25) is 0 Å². The van der Waals surface area contributed by atoms with Crippen LogP contribution in [0.1, 0.15) is 205 Å². The summed E-state index contributed by atoms with van der Waals surface area (Å²) in [5.41, 5.74) is 62.1. The van der Waals surface area contributed by atoms with E-state index < -0.39 is 17.5 Å². The molecule has 102 heavy (non-hydrogen) atoms. The predicted octanol–water partition coefficient (Wildman–Crippen LogP) is 24.2. The first-order valence-electron chi connectivity index (χ1n) is 35.5. The van der Waals surface area contributed by atoms with Crippen molar-refractivity contribution >= 4 is 86.2 Å². The first kappa shape index (κ1) is 75.3. The van der Waals surface area contributed by atoms with Crippen LogP contribution in [0.2, 0.25) is 10.0 Å². The highest BCUT2D eigenvalue weighted by atomic mass is 35.5. The number of anilines is 7. The maximum Gasteiger partial charge on any atom is 0.194 e. The summed E-state index contributed by atoms with van der Waals surface area (Å²) in [6.45, 7) is 17.9. The first-order valence-corrected chi connectivity index (χ1v) is 37.0. The third-order valence-corrected chi connectivity index (χ3v) is 23.6. The molecule has 0 saturated heterocycles.